The van der Waals surface area contributed by atoms with E-state index in [0.29, 0.717) is 0 Å². The second kappa shape index (κ2) is 7.36. The van der Waals surface area contributed by atoms with Gasteiger partial charge in [-0.25, -0.2) is 9.78 Å². The minimum absolute atomic E-state index is 0.0271. The lowest BCUT2D eigenvalue weighted by molar-refractivity contribution is 0.132. The molecule has 0 spiro atoms. The highest BCUT2D eigenvalue weighted by Crippen LogP contribution is 2.16. The molecule has 1 saturated heterocycles. The van der Waals surface area contributed by atoms with Crippen molar-refractivity contribution in [1.29, 1.82) is 0 Å². The van der Waals surface area contributed by atoms with Crippen LogP contribution in [0.4, 0.5) is 4.79 Å². The second-order valence-electron chi connectivity index (χ2n) is 6.24. The molecule has 1 atom stereocenters. The van der Waals surface area contributed by atoms with Crippen molar-refractivity contribution < 1.29 is 9.21 Å². The van der Waals surface area contributed by atoms with Crippen LogP contribution in [0.3, 0.4) is 0 Å². The first kappa shape index (κ1) is 17.0. The third-order valence-corrected chi connectivity index (χ3v) is 5.06. The Morgan fingerprint density at radius 2 is 2.08 bits per heavy atom. The van der Waals surface area contributed by atoms with Gasteiger partial charge in [-0.2, -0.15) is 0 Å². The molecule has 7 heteroatoms. The third-order valence-electron chi connectivity index (χ3n) is 4.24. The monoisotopic (exact) mass is 348 g/mol. The number of amides is 2. The minimum Gasteiger partial charge on any atom is -0.464 e. The van der Waals surface area contributed by atoms with Crippen LogP contribution in [0.1, 0.15) is 35.2 Å². The van der Waals surface area contributed by atoms with E-state index in [9.17, 15) is 4.79 Å². The van der Waals surface area contributed by atoms with Gasteiger partial charge in [0.1, 0.15) is 11.5 Å². The number of aryl methyl sites for hydroxylation is 2. The Hall–Kier alpha value is -1.86. The van der Waals surface area contributed by atoms with Crippen molar-refractivity contribution in [3.8, 4) is 0 Å². The molecule has 1 unspecified atom stereocenters. The molecule has 2 amide bonds. The molecule has 1 aliphatic heterocycles. The van der Waals surface area contributed by atoms with E-state index in [1.165, 1.54) is 0 Å². The normalized spacial score (nSPS) is 17.0. The van der Waals surface area contributed by atoms with Crippen LogP contribution in [0.5, 0.6) is 0 Å². The number of carbonyl (C=O) groups excluding carboxylic acids is 1. The van der Waals surface area contributed by atoms with Crippen LogP contribution in [0.2, 0.25) is 0 Å². The Morgan fingerprint density at radius 3 is 2.67 bits per heavy atom. The standard InChI is InChI=1S/C17H24N4O2S/c1-12-4-5-16(23-12)13(2)18-17(22)21-8-6-20(7-9-21)10-15-11-24-14(3)19-15/h4-5,11,13H,6-10H2,1-3H3,(H,18,22). The average molecular weight is 348 g/mol. The van der Waals surface area contributed by atoms with E-state index >= 15 is 0 Å². The number of nitrogens with zero attached hydrogens (tertiary/aromatic N) is 3. The number of furan rings is 1. The average Bonchev–Trinajstić information content (AvgIpc) is 3.16. The van der Waals surface area contributed by atoms with Gasteiger partial charge < -0.3 is 14.6 Å². The maximum absolute atomic E-state index is 12.4. The fourth-order valence-electron chi connectivity index (χ4n) is 2.85. The van der Waals surface area contributed by atoms with Crippen molar-refractivity contribution in [2.75, 3.05) is 26.2 Å². The lowest BCUT2D eigenvalue weighted by Gasteiger charge is -2.34. The molecule has 3 heterocycles. The van der Waals surface area contributed by atoms with E-state index in [1.54, 1.807) is 11.3 Å². The molecule has 24 heavy (non-hydrogen) atoms. The number of hydrogen-bond donors (Lipinski definition) is 1. The predicted molar refractivity (Wildman–Crippen MR) is 94.1 cm³/mol. The lowest BCUT2D eigenvalue weighted by Crippen LogP contribution is -2.51. The molecular weight excluding hydrogens is 324 g/mol. The van der Waals surface area contributed by atoms with Gasteiger partial charge in [0.25, 0.3) is 0 Å². The van der Waals surface area contributed by atoms with E-state index in [1.807, 2.05) is 37.8 Å². The Labute approximate surface area is 146 Å². The van der Waals surface area contributed by atoms with Crippen LogP contribution in [0.15, 0.2) is 21.9 Å². The number of thiazole rings is 1. The van der Waals surface area contributed by atoms with Crippen LogP contribution in [-0.2, 0) is 6.54 Å². The summed E-state index contributed by atoms with van der Waals surface area (Å²) in [5.74, 6) is 1.65. The molecule has 1 N–H and O–H groups in total. The van der Waals surface area contributed by atoms with Gasteiger partial charge in [0.2, 0.25) is 0 Å². The van der Waals surface area contributed by atoms with E-state index < -0.39 is 0 Å². The summed E-state index contributed by atoms with van der Waals surface area (Å²) >= 11 is 1.68. The Kier molecular flexibility index (Phi) is 5.20. The van der Waals surface area contributed by atoms with Crippen molar-refractivity contribution in [2.45, 2.75) is 33.4 Å². The summed E-state index contributed by atoms with van der Waals surface area (Å²) in [6, 6.07) is 3.67. The first-order valence-corrected chi connectivity index (χ1v) is 9.14. The van der Waals surface area contributed by atoms with Gasteiger partial charge in [0.15, 0.2) is 0 Å². The van der Waals surface area contributed by atoms with Crippen molar-refractivity contribution in [3.05, 3.63) is 39.7 Å². The molecule has 130 valence electrons. The number of nitrogens with one attached hydrogen (secondary N) is 1. The molecular formula is C17H24N4O2S. The molecule has 0 saturated carbocycles. The zero-order chi connectivity index (χ0) is 17.1. The minimum atomic E-state index is -0.123. The molecule has 1 fully saturated rings. The van der Waals surface area contributed by atoms with Crippen molar-refractivity contribution in [3.63, 3.8) is 0 Å². The number of hydrogen-bond acceptors (Lipinski definition) is 5. The van der Waals surface area contributed by atoms with Gasteiger partial charge in [-0.05, 0) is 32.9 Å². The highest BCUT2D eigenvalue weighted by Gasteiger charge is 2.23. The van der Waals surface area contributed by atoms with Crippen LogP contribution in [0.25, 0.3) is 0 Å². The molecule has 0 radical (unpaired) electrons. The number of piperazine rings is 1. The SMILES string of the molecule is Cc1ccc(C(C)NC(=O)N2CCN(Cc3csc(C)n3)CC2)o1. The van der Waals surface area contributed by atoms with Gasteiger partial charge in [-0.3, -0.25) is 4.90 Å². The number of urea groups is 1. The molecule has 2 aromatic heterocycles. The van der Waals surface area contributed by atoms with Gasteiger partial charge in [0.05, 0.1) is 16.7 Å². The van der Waals surface area contributed by atoms with Crippen LogP contribution in [0, 0.1) is 13.8 Å². The highest BCUT2D eigenvalue weighted by molar-refractivity contribution is 7.09. The highest BCUT2D eigenvalue weighted by atomic mass is 32.1. The van der Waals surface area contributed by atoms with Crippen LogP contribution < -0.4 is 5.32 Å². The van der Waals surface area contributed by atoms with E-state index in [0.717, 1.165) is 54.9 Å². The predicted octanol–water partition coefficient (Wildman–Crippen LogP) is 2.94. The summed E-state index contributed by atoms with van der Waals surface area (Å²) in [6.45, 7) is 9.95. The molecule has 0 aromatic carbocycles. The third kappa shape index (κ3) is 4.15. The van der Waals surface area contributed by atoms with Crippen molar-refractivity contribution in [1.82, 2.24) is 20.1 Å². The summed E-state index contributed by atoms with van der Waals surface area (Å²) in [6.07, 6.45) is 0. The summed E-state index contributed by atoms with van der Waals surface area (Å²) in [5, 5.41) is 6.23. The van der Waals surface area contributed by atoms with Gasteiger partial charge in [0, 0.05) is 38.1 Å². The second-order valence-corrected chi connectivity index (χ2v) is 7.30. The summed E-state index contributed by atoms with van der Waals surface area (Å²) < 4.78 is 5.57. The molecule has 0 aliphatic carbocycles. The topological polar surface area (TPSA) is 61.6 Å². The first-order valence-electron chi connectivity index (χ1n) is 8.26. The lowest BCUT2D eigenvalue weighted by atomic mass is 10.2. The summed E-state index contributed by atoms with van der Waals surface area (Å²) in [5.41, 5.74) is 1.12. The summed E-state index contributed by atoms with van der Waals surface area (Å²) in [7, 11) is 0. The van der Waals surface area contributed by atoms with Gasteiger partial charge in [-0.1, -0.05) is 0 Å². The maximum atomic E-state index is 12.4. The van der Waals surface area contributed by atoms with Crippen molar-refractivity contribution >= 4 is 17.4 Å². The Bertz CT molecular complexity index is 688. The van der Waals surface area contributed by atoms with Gasteiger partial charge >= 0.3 is 6.03 Å². The zero-order valence-corrected chi connectivity index (χ0v) is 15.2. The molecule has 1 aliphatic rings. The first-order chi connectivity index (χ1) is 11.5. The zero-order valence-electron chi connectivity index (χ0n) is 14.4. The molecule has 3 rings (SSSR count). The Morgan fingerprint density at radius 1 is 1.33 bits per heavy atom. The molecule has 0 bridgehead atoms. The van der Waals surface area contributed by atoms with E-state index in [4.69, 9.17) is 4.42 Å². The fraction of sp³-hybridized carbons (Fsp3) is 0.529. The molecule has 2 aromatic rings. The maximum Gasteiger partial charge on any atom is 0.318 e. The van der Waals surface area contributed by atoms with Gasteiger partial charge in [-0.15, -0.1) is 11.3 Å². The number of carbonyl (C=O) groups is 1. The number of aromatic nitrogens is 1. The largest absolute Gasteiger partial charge is 0.464 e. The molecule has 6 nitrogen and oxygen atoms in total. The van der Waals surface area contributed by atoms with E-state index in [2.05, 4.69) is 20.6 Å². The van der Waals surface area contributed by atoms with Crippen molar-refractivity contribution in [2.24, 2.45) is 0 Å². The van der Waals surface area contributed by atoms with Crippen LogP contribution in [-0.4, -0.2) is 47.0 Å². The fourth-order valence-corrected chi connectivity index (χ4v) is 3.46. The quantitative estimate of drug-likeness (QED) is 0.923. The summed E-state index contributed by atoms with van der Waals surface area (Å²) in [4.78, 5) is 21.1. The van der Waals surface area contributed by atoms with Crippen LogP contribution >= 0.6 is 11.3 Å². The van der Waals surface area contributed by atoms with E-state index in [-0.39, 0.29) is 12.1 Å². The Balaban J connectivity index is 1.46. The number of rotatable bonds is 4. The smallest absolute Gasteiger partial charge is 0.318 e.